The SMILES string of the molecule is Cc1cccc(CN(CCN2CCOCC2)Cc2cc(C(=O)NCc3ccc4c(c3)OCO4)no2)c1. The molecule has 1 N–H and O–H groups in total. The van der Waals surface area contributed by atoms with Gasteiger partial charge in [0.2, 0.25) is 6.79 Å². The summed E-state index contributed by atoms with van der Waals surface area (Å²) in [6.45, 7) is 9.34. The monoisotopic (exact) mass is 492 g/mol. The number of ether oxygens (including phenoxy) is 3. The smallest absolute Gasteiger partial charge is 0.273 e. The molecule has 1 aromatic heterocycles. The molecule has 0 unspecified atom stereocenters. The third-order valence-electron chi connectivity index (χ3n) is 6.39. The van der Waals surface area contributed by atoms with Crippen LogP contribution in [0, 0.1) is 6.92 Å². The first-order valence-electron chi connectivity index (χ1n) is 12.3. The first kappa shape index (κ1) is 24.3. The third kappa shape index (κ3) is 6.42. The summed E-state index contributed by atoms with van der Waals surface area (Å²) < 4.78 is 21.8. The standard InChI is InChI=1S/C27H32N4O5/c1-20-3-2-4-22(13-20)17-31(8-7-30-9-11-33-12-10-30)18-23-15-24(29-36-23)27(32)28-16-21-5-6-25-26(14-21)35-19-34-25/h2-6,13-15H,7-12,16-19H2,1H3,(H,28,32). The average Bonchev–Trinajstić information content (AvgIpc) is 3.56. The Morgan fingerprint density at radius 3 is 2.75 bits per heavy atom. The van der Waals surface area contributed by atoms with E-state index in [1.807, 2.05) is 18.2 Å². The van der Waals surface area contributed by atoms with E-state index in [2.05, 4.69) is 51.5 Å². The topological polar surface area (TPSA) is 89.3 Å². The van der Waals surface area contributed by atoms with E-state index in [1.54, 1.807) is 6.07 Å². The fourth-order valence-corrected chi connectivity index (χ4v) is 4.43. The van der Waals surface area contributed by atoms with Gasteiger partial charge in [-0.15, -0.1) is 0 Å². The normalized spacial score (nSPS) is 15.4. The Morgan fingerprint density at radius 1 is 1.03 bits per heavy atom. The predicted octanol–water partition coefficient (Wildman–Crippen LogP) is 2.98. The molecule has 0 radical (unpaired) electrons. The van der Waals surface area contributed by atoms with Gasteiger partial charge in [0, 0.05) is 45.3 Å². The van der Waals surface area contributed by atoms with Crippen LogP contribution in [0.3, 0.4) is 0 Å². The number of aromatic nitrogens is 1. The van der Waals surface area contributed by atoms with E-state index >= 15 is 0 Å². The third-order valence-corrected chi connectivity index (χ3v) is 6.39. The van der Waals surface area contributed by atoms with Gasteiger partial charge in [-0.25, -0.2) is 0 Å². The van der Waals surface area contributed by atoms with Crippen LogP contribution in [0.5, 0.6) is 11.5 Å². The molecule has 2 aliphatic rings. The number of nitrogens with one attached hydrogen (secondary N) is 1. The van der Waals surface area contributed by atoms with Crippen LogP contribution >= 0.6 is 0 Å². The van der Waals surface area contributed by atoms with E-state index in [1.165, 1.54) is 11.1 Å². The van der Waals surface area contributed by atoms with Gasteiger partial charge in [0.25, 0.3) is 5.91 Å². The summed E-state index contributed by atoms with van der Waals surface area (Å²) in [4.78, 5) is 17.4. The molecule has 3 heterocycles. The van der Waals surface area contributed by atoms with Gasteiger partial charge in [-0.3, -0.25) is 14.6 Å². The van der Waals surface area contributed by atoms with Gasteiger partial charge in [-0.1, -0.05) is 41.1 Å². The van der Waals surface area contributed by atoms with Gasteiger partial charge in [-0.2, -0.15) is 0 Å². The number of rotatable bonds is 10. The Hall–Kier alpha value is -3.40. The largest absolute Gasteiger partial charge is 0.454 e. The van der Waals surface area contributed by atoms with Crippen LogP contribution in [-0.2, 0) is 24.4 Å². The van der Waals surface area contributed by atoms with Gasteiger partial charge < -0.3 is 24.1 Å². The lowest BCUT2D eigenvalue weighted by molar-refractivity contribution is 0.0320. The van der Waals surface area contributed by atoms with Crippen molar-refractivity contribution in [2.45, 2.75) is 26.6 Å². The van der Waals surface area contributed by atoms with Crippen molar-refractivity contribution in [2.24, 2.45) is 0 Å². The zero-order valence-corrected chi connectivity index (χ0v) is 20.6. The maximum absolute atomic E-state index is 12.7. The predicted molar refractivity (Wildman–Crippen MR) is 133 cm³/mol. The number of carbonyl (C=O) groups is 1. The molecule has 190 valence electrons. The van der Waals surface area contributed by atoms with Crippen molar-refractivity contribution >= 4 is 5.91 Å². The molecule has 1 saturated heterocycles. The van der Waals surface area contributed by atoms with Gasteiger partial charge in [-0.05, 0) is 30.2 Å². The first-order chi connectivity index (χ1) is 17.6. The molecule has 0 aliphatic carbocycles. The molecule has 36 heavy (non-hydrogen) atoms. The van der Waals surface area contributed by atoms with Crippen molar-refractivity contribution < 1.29 is 23.5 Å². The van der Waals surface area contributed by atoms with Crippen LogP contribution in [0.15, 0.2) is 53.1 Å². The second-order valence-electron chi connectivity index (χ2n) is 9.20. The van der Waals surface area contributed by atoms with Gasteiger partial charge >= 0.3 is 0 Å². The Kier molecular flexibility index (Phi) is 7.80. The van der Waals surface area contributed by atoms with Crippen LogP contribution in [0.4, 0.5) is 0 Å². The minimum atomic E-state index is -0.277. The molecular formula is C27H32N4O5. The lowest BCUT2D eigenvalue weighted by atomic mass is 10.1. The number of hydrogen-bond acceptors (Lipinski definition) is 8. The number of nitrogens with zero attached hydrogens (tertiary/aromatic N) is 3. The molecule has 2 aliphatic heterocycles. The summed E-state index contributed by atoms with van der Waals surface area (Å²) in [7, 11) is 0. The summed E-state index contributed by atoms with van der Waals surface area (Å²) in [6, 6.07) is 15.9. The van der Waals surface area contributed by atoms with E-state index in [0.29, 0.717) is 24.6 Å². The van der Waals surface area contributed by atoms with Crippen LogP contribution in [-0.4, -0.2) is 67.0 Å². The number of aryl methyl sites for hydroxylation is 1. The number of hydrogen-bond donors (Lipinski definition) is 1. The van der Waals surface area contributed by atoms with E-state index in [0.717, 1.165) is 57.3 Å². The number of carbonyl (C=O) groups excluding carboxylic acids is 1. The average molecular weight is 493 g/mol. The highest BCUT2D eigenvalue weighted by Gasteiger charge is 2.18. The number of fused-ring (bicyclic) bond motifs is 1. The summed E-state index contributed by atoms with van der Waals surface area (Å²) in [5.41, 5.74) is 3.68. The Morgan fingerprint density at radius 2 is 1.89 bits per heavy atom. The zero-order valence-electron chi connectivity index (χ0n) is 20.6. The van der Waals surface area contributed by atoms with Crippen molar-refractivity contribution in [3.63, 3.8) is 0 Å². The number of amides is 1. The molecule has 0 bridgehead atoms. The molecule has 9 heteroatoms. The van der Waals surface area contributed by atoms with Gasteiger partial charge in [0.15, 0.2) is 23.0 Å². The van der Waals surface area contributed by atoms with Crippen molar-refractivity contribution in [1.82, 2.24) is 20.3 Å². The second kappa shape index (κ2) is 11.6. The van der Waals surface area contributed by atoms with Crippen LogP contribution in [0.25, 0.3) is 0 Å². The highest BCUT2D eigenvalue weighted by atomic mass is 16.7. The van der Waals surface area contributed by atoms with Crippen molar-refractivity contribution in [2.75, 3.05) is 46.2 Å². The molecule has 5 rings (SSSR count). The molecule has 3 aromatic rings. The van der Waals surface area contributed by atoms with E-state index in [-0.39, 0.29) is 18.4 Å². The molecule has 9 nitrogen and oxygen atoms in total. The van der Waals surface area contributed by atoms with E-state index < -0.39 is 0 Å². The summed E-state index contributed by atoms with van der Waals surface area (Å²) in [5.74, 6) is 1.80. The van der Waals surface area contributed by atoms with Crippen molar-refractivity contribution in [3.8, 4) is 11.5 Å². The Labute approximate surface area is 210 Å². The molecule has 1 amide bonds. The van der Waals surface area contributed by atoms with E-state index in [9.17, 15) is 4.79 Å². The molecule has 0 atom stereocenters. The Balaban J connectivity index is 1.19. The minimum absolute atomic E-state index is 0.222. The summed E-state index contributed by atoms with van der Waals surface area (Å²) in [5, 5.41) is 6.92. The zero-order chi connectivity index (χ0) is 24.7. The van der Waals surface area contributed by atoms with E-state index in [4.69, 9.17) is 18.7 Å². The highest BCUT2D eigenvalue weighted by molar-refractivity contribution is 5.92. The van der Waals surface area contributed by atoms with Gasteiger partial charge in [0.05, 0.1) is 19.8 Å². The van der Waals surface area contributed by atoms with Gasteiger partial charge in [0.1, 0.15) is 0 Å². The Bertz CT molecular complexity index is 1170. The summed E-state index contributed by atoms with van der Waals surface area (Å²) >= 11 is 0. The van der Waals surface area contributed by atoms with Crippen LogP contribution < -0.4 is 14.8 Å². The second-order valence-corrected chi connectivity index (χ2v) is 9.20. The molecule has 2 aromatic carbocycles. The van der Waals surface area contributed by atoms with Crippen LogP contribution in [0.2, 0.25) is 0 Å². The molecule has 1 fully saturated rings. The van der Waals surface area contributed by atoms with Crippen molar-refractivity contribution in [1.29, 1.82) is 0 Å². The first-order valence-corrected chi connectivity index (χ1v) is 12.3. The van der Waals surface area contributed by atoms with Crippen LogP contribution in [0.1, 0.15) is 32.9 Å². The number of morpholine rings is 1. The molecule has 0 spiro atoms. The highest BCUT2D eigenvalue weighted by Crippen LogP contribution is 2.32. The number of benzene rings is 2. The maximum Gasteiger partial charge on any atom is 0.273 e. The quantitative estimate of drug-likeness (QED) is 0.462. The fourth-order valence-electron chi connectivity index (χ4n) is 4.43. The maximum atomic E-state index is 12.7. The lowest BCUT2D eigenvalue weighted by Crippen LogP contribution is -2.41. The molecular weight excluding hydrogens is 460 g/mol. The molecule has 0 saturated carbocycles. The minimum Gasteiger partial charge on any atom is -0.454 e. The lowest BCUT2D eigenvalue weighted by Gasteiger charge is -2.29. The fraction of sp³-hybridized carbons (Fsp3) is 0.407. The van der Waals surface area contributed by atoms with Crippen molar-refractivity contribution in [3.05, 3.63) is 76.7 Å². The summed E-state index contributed by atoms with van der Waals surface area (Å²) in [6.07, 6.45) is 0.